The summed E-state index contributed by atoms with van der Waals surface area (Å²) in [6, 6.07) is 3.31. The van der Waals surface area contributed by atoms with Gasteiger partial charge in [0.2, 0.25) is 10.0 Å². The molecule has 128 valence electrons. The average molecular weight is 349 g/mol. The highest BCUT2D eigenvalue weighted by molar-refractivity contribution is 7.89. The SMILES string of the molecule is COc1nccnc1NC1CCN(S(=O)(=O)c2cccnc2)CC1. The number of anilines is 1. The van der Waals surface area contributed by atoms with E-state index >= 15 is 0 Å². The van der Waals surface area contributed by atoms with Crippen molar-refractivity contribution in [2.24, 2.45) is 0 Å². The van der Waals surface area contributed by atoms with Crippen molar-refractivity contribution >= 4 is 15.8 Å². The number of hydrogen-bond donors (Lipinski definition) is 1. The van der Waals surface area contributed by atoms with Crippen LogP contribution in [0.5, 0.6) is 5.88 Å². The van der Waals surface area contributed by atoms with Gasteiger partial charge in [0.05, 0.1) is 7.11 Å². The summed E-state index contributed by atoms with van der Waals surface area (Å²) in [5, 5.41) is 3.28. The molecule has 0 atom stereocenters. The zero-order valence-electron chi connectivity index (χ0n) is 13.3. The molecule has 8 nitrogen and oxygen atoms in total. The monoisotopic (exact) mass is 349 g/mol. The van der Waals surface area contributed by atoms with Crippen molar-refractivity contribution in [3.05, 3.63) is 36.9 Å². The first-order valence-electron chi connectivity index (χ1n) is 7.63. The molecular formula is C15H19N5O3S. The lowest BCUT2D eigenvalue weighted by molar-refractivity contribution is 0.328. The van der Waals surface area contributed by atoms with Gasteiger partial charge < -0.3 is 10.1 Å². The fourth-order valence-electron chi connectivity index (χ4n) is 2.66. The van der Waals surface area contributed by atoms with Gasteiger partial charge in [-0.15, -0.1) is 0 Å². The number of sulfonamides is 1. The van der Waals surface area contributed by atoms with Gasteiger partial charge in [-0.05, 0) is 25.0 Å². The van der Waals surface area contributed by atoms with E-state index in [1.54, 1.807) is 30.7 Å². The molecule has 1 aliphatic rings. The first kappa shape index (κ1) is 16.6. The largest absolute Gasteiger partial charge is 0.478 e. The van der Waals surface area contributed by atoms with Crippen LogP contribution in [0.3, 0.4) is 0 Å². The Bertz CT molecular complexity index is 777. The second-order valence-corrected chi connectivity index (χ2v) is 7.36. The number of piperidine rings is 1. The third kappa shape index (κ3) is 3.46. The first-order valence-corrected chi connectivity index (χ1v) is 9.07. The summed E-state index contributed by atoms with van der Waals surface area (Å²) < 4.78 is 31.8. The third-order valence-corrected chi connectivity index (χ3v) is 5.81. The highest BCUT2D eigenvalue weighted by atomic mass is 32.2. The van der Waals surface area contributed by atoms with E-state index in [1.807, 2.05) is 0 Å². The third-order valence-electron chi connectivity index (χ3n) is 3.92. The lowest BCUT2D eigenvalue weighted by Gasteiger charge is -2.31. The number of nitrogens with one attached hydrogen (secondary N) is 1. The minimum atomic E-state index is -3.48. The molecule has 0 aromatic carbocycles. The number of pyridine rings is 1. The van der Waals surface area contributed by atoms with Crippen LogP contribution in [0.2, 0.25) is 0 Å². The Balaban J connectivity index is 1.64. The second kappa shape index (κ2) is 7.10. The van der Waals surface area contributed by atoms with Crippen molar-refractivity contribution in [3.8, 4) is 5.88 Å². The normalized spacial score (nSPS) is 16.7. The fourth-order valence-corrected chi connectivity index (χ4v) is 4.09. The van der Waals surface area contributed by atoms with Crippen LogP contribution in [0.25, 0.3) is 0 Å². The van der Waals surface area contributed by atoms with Crippen molar-refractivity contribution in [2.75, 3.05) is 25.5 Å². The molecule has 0 unspecified atom stereocenters. The molecule has 0 bridgehead atoms. The van der Waals surface area contributed by atoms with Gasteiger partial charge in [-0.2, -0.15) is 4.31 Å². The van der Waals surface area contributed by atoms with E-state index in [1.165, 1.54) is 17.6 Å². The van der Waals surface area contributed by atoms with E-state index in [2.05, 4.69) is 20.3 Å². The van der Waals surface area contributed by atoms with Crippen molar-refractivity contribution in [1.82, 2.24) is 19.3 Å². The van der Waals surface area contributed by atoms with E-state index in [4.69, 9.17) is 4.74 Å². The maximum absolute atomic E-state index is 12.6. The maximum Gasteiger partial charge on any atom is 0.257 e. The topological polar surface area (TPSA) is 97.3 Å². The fraction of sp³-hybridized carbons (Fsp3) is 0.400. The number of aromatic nitrogens is 3. The molecule has 0 radical (unpaired) electrons. The minimum absolute atomic E-state index is 0.121. The number of hydrogen-bond acceptors (Lipinski definition) is 7. The number of nitrogens with zero attached hydrogens (tertiary/aromatic N) is 4. The second-order valence-electron chi connectivity index (χ2n) is 5.43. The summed E-state index contributed by atoms with van der Waals surface area (Å²) in [7, 11) is -1.94. The van der Waals surface area contributed by atoms with Gasteiger partial charge in [0.1, 0.15) is 4.90 Å². The molecule has 2 aromatic rings. The van der Waals surface area contributed by atoms with Crippen LogP contribution in [-0.2, 0) is 10.0 Å². The van der Waals surface area contributed by atoms with Crippen molar-refractivity contribution < 1.29 is 13.2 Å². The molecule has 0 spiro atoms. The average Bonchev–Trinajstić information content (AvgIpc) is 2.63. The Labute approximate surface area is 141 Å². The van der Waals surface area contributed by atoms with Crippen LogP contribution in [0.15, 0.2) is 41.8 Å². The van der Waals surface area contributed by atoms with Gasteiger partial charge in [0, 0.05) is 43.9 Å². The van der Waals surface area contributed by atoms with Gasteiger partial charge in [-0.25, -0.2) is 18.4 Å². The molecule has 3 heterocycles. The van der Waals surface area contributed by atoms with Crippen LogP contribution >= 0.6 is 0 Å². The molecule has 1 aliphatic heterocycles. The van der Waals surface area contributed by atoms with E-state index in [0.29, 0.717) is 37.6 Å². The van der Waals surface area contributed by atoms with Crippen molar-refractivity contribution in [3.63, 3.8) is 0 Å². The van der Waals surface area contributed by atoms with Crippen LogP contribution in [0.4, 0.5) is 5.82 Å². The Kier molecular flexibility index (Phi) is 4.91. The summed E-state index contributed by atoms with van der Waals surface area (Å²) in [5.41, 5.74) is 0. The van der Waals surface area contributed by atoms with Gasteiger partial charge in [0.15, 0.2) is 5.82 Å². The summed E-state index contributed by atoms with van der Waals surface area (Å²) in [6.45, 7) is 0.884. The molecule has 0 aliphatic carbocycles. The Hall–Kier alpha value is -2.26. The lowest BCUT2D eigenvalue weighted by atomic mass is 10.1. The van der Waals surface area contributed by atoms with Crippen LogP contribution in [0, 0.1) is 0 Å². The van der Waals surface area contributed by atoms with Gasteiger partial charge in [0.25, 0.3) is 5.88 Å². The van der Waals surface area contributed by atoms with E-state index in [0.717, 1.165) is 0 Å². The Morgan fingerprint density at radius 2 is 1.96 bits per heavy atom. The molecule has 1 N–H and O–H groups in total. The quantitative estimate of drug-likeness (QED) is 0.864. The Morgan fingerprint density at radius 3 is 2.62 bits per heavy atom. The highest BCUT2D eigenvalue weighted by Gasteiger charge is 2.29. The molecule has 1 fully saturated rings. The predicted octanol–water partition coefficient (Wildman–Crippen LogP) is 1.15. The molecular weight excluding hydrogens is 330 g/mol. The summed E-state index contributed by atoms with van der Waals surface area (Å²) in [5.74, 6) is 1.01. The van der Waals surface area contributed by atoms with Gasteiger partial charge in [-0.3, -0.25) is 4.98 Å². The summed E-state index contributed by atoms with van der Waals surface area (Å²) in [6.07, 6.45) is 7.45. The Morgan fingerprint density at radius 1 is 1.21 bits per heavy atom. The summed E-state index contributed by atoms with van der Waals surface area (Å²) >= 11 is 0. The molecule has 24 heavy (non-hydrogen) atoms. The van der Waals surface area contributed by atoms with Gasteiger partial charge in [-0.1, -0.05) is 0 Å². The van der Waals surface area contributed by atoms with E-state index in [9.17, 15) is 8.42 Å². The standard InChI is InChI=1S/C15H19N5O3S/c1-23-15-14(17-7-8-18-15)19-12-4-9-20(10-5-12)24(21,22)13-3-2-6-16-11-13/h2-3,6-8,11-12H,4-5,9-10H2,1H3,(H,17,19). The first-order chi connectivity index (χ1) is 11.6. The molecule has 9 heteroatoms. The molecule has 0 saturated carbocycles. The maximum atomic E-state index is 12.6. The highest BCUT2D eigenvalue weighted by Crippen LogP contribution is 2.24. The number of methoxy groups -OCH3 is 1. The molecule has 1 saturated heterocycles. The molecule has 3 rings (SSSR count). The van der Waals surface area contributed by atoms with Crippen molar-refractivity contribution in [2.45, 2.75) is 23.8 Å². The zero-order chi connectivity index (χ0) is 17.0. The predicted molar refractivity (Wildman–Crippen MR) is 88.2 cm³/mol. The lowest BCUT2D eigenvalue weighted by Crippen LogP contribution is -2.42. The zero-order valence-corrected chi connectivity index (χ0v) is 14.1. The number of rotatable bonds is 5. The van der Waals surface area contributed by atoms with Crippen LogP contribution in [-0.4, -0.2) is 53.9 Å². The van der Waals surface area contributed by atoms with Crippen molar-refractivity contribution in [1.29, 1.82) is 0 Å². The molecule has 0 amide bonds. The van der Waals surface area contributed by atoms with Crippen LogP contribution < -0.4 is 10.1 Å². The van der Waals surface area contributed by atoms with E-state index in [-0.39, 0.29) is 10.9 Å². The van der Waals surface area contributed by atoms with E-state index < -0.39 is 10.0 Å². The number of ether oxygens (including phenoxy) is 1. The molecule has 2 aromatic heterocycles. The smallest absolute Gasteiger partial charge is 0.257 e. The minimum Gasteiger partial charge on any atom is -0.478 e. The van der Waals surface area contributed by atoms with Crippen LogP contribution in [0.1, 0.15) is 12.8 Å². The van der Waals surface area contributed by atoms with Gasteiger partial charge >= 0.3 is 0 Å². The summed E-state index contributed by atoms with van der Waals surface area (Å²) in [4.78, 5) is 12.4.